The van der Waals surface area contributed by atoms with Crippen LogP contribution in [0.2, 0.25) is 0 Å². The molecule has 1 N–H and O–H groups in total. The molecule has 1 aromatic rings. The van der Waals surface area contributed by atoms with Crippen molar-refractivity contribution in [2.24, 2.45) is 5.92 Å². The van der Waals surface area contributed by atoms with E-state index in [4.69, 9.17) is 0 Å². The molecule has 0 aliphatic carbocycles. The van der Waals surface area contributed by atoms with Crippen molar-refractivity contribution in [2.45, 2.75) is 37.8 Å². The largest absolute Gasteiger partial charge is 0.311 e. The van der Waals surface area contributed by atoms with Crippen molar-refractivity contribution in [3.8, 4) is 0 Å². The Morgan fingerprint density at radius 1 is 1.33 bits per heavy atom. The maximum absolute atomic E-state index is 12.2. The molecule has 2 fully saturated rings. The second-order valence-electron chi connectivity index (χ2n) is 4.68. The van der Waals surface area contributed by atoms with Gasteiger partial charge in [0.2, 0.25) is 0 Å². The van der Waals surface area contributed by atoms with Crippen LogP contribution in [0.25, 0.3) is 0 Å². The fraction of sp³-hybridized carbons (Fsp3) is 0.583. The van der Waals surface area contributed by atoms with Gasteiger partial charge in [-0.1, -0.05) is 0 Å². The summed E-state index contributed by atoms with van der Waals surface area (Å²) in [4.78, 5) is 12.2. The lowest BCUT2D eigenvalue weighted by Gasteiger charge is -2.27. The first-order chi connectivity index (χ1) is 7.33. The summed E-state index contributed by atoms with van der Waals surface area (Å²) >= 11 is 1.61. The zero-order chi connectivity index (χ0) is 10.3. The van der Waals surface area contributed by atoms with E-state index >= 15 is 0 Å². The predicted octanol–water partition coefficient (Wildman–Crippen LogP) is 2.46. The lowest BCUT2D eigenvalue weighted by molar-refractivity contribution is 0.0876. The maximum Gasteiger partial charge on any atom is 0.166 e. The monoisotopic (exact) mass is 221 g/mol. The highest BCUT2D eigenvalue weighted by atomic mass is 32.1. The third kappa shape index (κ3) is 1.74. The summed E-state index contributed by atoms with van der Waals surface area (Å²) in [5, 5.41) is 7.54. The number of hydrogen-bond donors (Lipinski definition) is 1. The number of fused-ring (bicyclic) bond motifs is 2. The van der Waals surface area contributed by atoms with Gasteiger partial charge in [0, 0.05) is 28.9 Å². The quantitative estimate of drug-likeness (QED) is 0.777. The topological polar surface area (TPSA) is 29.1 Å². The highest BCUT2D eigenvalue weighted by Gasteiger charge is 2.36. The van der Waals surface area contributed by atoms with Gasteiger partial charge in [-0.25, -0.2) is 0 Å². The third-order valence-corrected chi connectivity index (χ3v) is 4.33. The molecule has 80 valence electrons. The van der Waals surface area contributed by atoms with Crippen LogP contribution in [0.4, 0.5) is 0 Å². The third-order valence-electron chi connectivity index (χ3n) is 3.65. The van der Waals surface area contributed by atoms with Crippen LogP contribution in [0.5, 0.6) is 0 Å². The van der Waals surface area contributed by atoms with E-state index in [-0.39, 0.29) is 5.92 Å². The Morgan fingerprint density at radius 2 is 2.07 bits per heavy atom. The van der Waals surface area contributed by atoms with Gasteiger partial charge < -0.3 is 5.32 Å². The summed E-state index contributed by atoms with van der Waals surface area (Å²) in [7, 11) is 0. The Kier molecular flexibility index (Phi) is 2.37. The smallest absolute Gasteiger partial charge is 0.166 e. The van der Waals surface area contributed by atoms with E-state index in [0.29, 0.717) is 17.9 Å². The minimum Gasteiger partial charge on any atom is -0.311 e. The van der Waals surface area contributed by atoms with Crippen LogP contribution in [-0.2, 0) is 0 Å². The van der Waals surface area contributed by atoms with Crippen molar-refractivity contribution in [1.29, 1.82) is 0 Å². The second kappa shape index (κ2) is 3.72. The molecule has 1 aromatic heterocycles. The number of hydrogen-bond acceptors (Lipinski definition) is 3. The minimum absolute atomic E-state index is 0.276. The number of carbonyl (C=O) groups excluding carboxylic acids is 1. The number of piperidine rings is 1. The van der Waals surface area contributed by atoms with E-state index in [2.05, 4.69) is 5.32 Å². The molecular formula is C12H15NOS. The van der Waals surface area contributed by atoms with Crippen LogP contribution in [0, 0.1) is 5.92 Å². The second-order valence-corrected chi connectivity index (χ2v) is 5.46. The molecule has 0 radical (unpaired) electrons. The van der Waals surface area contributed by atoms with E-state index in [1.54, 1.807) is 11.3 Å². The van der Waals surface area contributed by atoms with E-state index in [0.717, 1.165) is 18.4 Å². The molecule has 3 heterocycles. The van der Waals surface area contributed by atoms with Crippen molar-refractivity contribution in [3.63, 3.8) is 0 Å². The molecule has 2 aliphatic rings. The summed E-state index contributed by atoms with van der Waals surface area (Å²) in [6.07, 6.45) is 4.62. The van der Waals surface area contributed by atoms with Crippen LogP contribution in [0.3, 0.4) is 0 Å². The standard InChI is InChI=1S/C12H15NOS/c14-12(8-3-4-15-7-8)9-5-10-1-2-11(6-9)13-10/h3-4,7,9-11,13H,1-2,5-6H2. The highest BCUT2D eigenvalue weighted by Crippen LogP contribution is 2.33. The Bertz CT molecular complexity index is 348. The zero-order valence-corrected chi connectivity index (χ0v) is 9.43. The van der Waals surface area contributed by atoms with Gasteiger partial charge in [-0.3, -0.25) is 4.79 Å². The van der Waals surface area contributed by atoms with Crippen molar-refractivity contribution in [2.75, 3.05) is 0 Å². The number of Topliss-reactive ketones (excluding diaryl/α,β-unsaturated/α-hetero) is 1. The number of thiophene rings is 1. The van der Waals surface area contributed by atoms with Gasteiger partial charge in [-0.05, 0) is 37.1 Å². The molecule has 2 atom stereocenters. The molecule has 15 heavy (non-hydrogen) atoms. The molecule has 0 saturated carbocycles. The molecule has 2 unspecified atom stereocenters. The maximum atomic E-state index is 12.2. The normalized spacial score (nSPS) is 34.3. The van der Waals surface area contributed by atoms with E-state index in [9.17, 15) is 4.79 Å². The average Bonchev–Trinajstić information content (AvgIpc) is 2.87. The van der Waals surface area contributed by atoms with Gasteiger partial charge >= 0.3 is 0 Å². The van der Waals surface area contributed by atoms with Gasteiger partial charge in [0.25, 0.3) is 0 Å². The van der Waals surface area contributed by atoms with Crippen LogP contribution < -0.4 is 5.32 Å². The molecule has 2 nitrogen and oxygen atoms in total. The summed E-state index contributed by atoms with van der Waals surface area (Å²) in [6.45, 7) is 0. The van der Waals surface area contributed by atoms with Crippen molar-refractivity contribution < 1.29 is 4.79 Å². The fourth-order valence-electron chi connectivity index (χ4n) is 2.91. The van der Waals surface area contributed by atoms with Crippen molar-refractivity contribution >= 4 is 17.1 Å². The van der Waals surface area contributed by atoms with Gasteiger partial charge in [0.15, 0.2) is 5.78 Å². The van der Waals surface area contributed by atoms with Gasteiger partial charge in [-0.15, -0.1) is 0 Å². The van der Waals surface area contributed by atoms with E-state index in [1.807, 2.05) is 16.8 Å². The summed E-state index contributed by atoms with van der Waals surface area (Å²) in [6, 6.07) is 3.17. The van der Waals surface area contributed by atoms with Crippen molar-refractivity contribution in [3.05, 3.63) is 22.4 Å². The Balaban J connectivity index is 1.75. The molecule has 2 saturated heterocycles. The molecule has 0 spiro atoms. The molecule has 2 aliphatic heterocycles. The first kappa shape index (κ1) is 9.55. The lowest BCUT2D eigenvalue weighted by Crippen LogP contribution is -2.40. The summed E-state index contributed by atoms with van der Waals surface area (Å²) in [5.74, 6) is 0.646. The first-order valence-electron chi connectivity index (χ1n) is 5.65. The summed E-state index contributed by atoms with van der Waals surface area (Å²) < 4.78 is 0. The number of nitrogens with one attached hydrogen (secondary N) is 1. The van der Waals surface area contributed by atoms with Crippen LogP contribution in [-0.4, -0.2) is 17.9 Å². The SMILES string of the molecule is O=C(c1ccsc1)C1CC2CCC(C1)N2. The van der Waals surface area contributed by atoms with E-state index in [1.165, 1.54) is 12.8 Å². The van der Waals surface area contributed by atoms with Gasteiger partial charge in [-0.2, -0.15) is 11.3 Å². The molecule has 3 heteroatoms. The first-order valence-corrected chi connectivity index (χ1v) is 6.59. The van der Waals surface area contributed by atoms with Gasteiger partial charge in [0.05, 0.1) is 0 Å². The Hall–Kier alpha value is -0.670. The zero-order valence-electron chi connectivity index (χ0n) is 8.61. The molecule has 0 aromatic carbocycles. The predicted molar refractivity (Wildman–Crippen MR) is 61.3 cm³/mol. The average molecular weight is 221 g/mol. The number of ketones is 1. The molecular weight excluding hydrogens is 206 g/mol. The van der Waals surface area contributed by atoms with Crippen LogP contribution >= 0.6 is 11.3 Å². The Labute approximate surface area is 93.7 Å². The Morgan fingerprint density at radius 3 is 2.67 bits per heavy atom. The lowest BCUT2D eigenvalue weighted by atomic mass is 9.87. The van der Waals surface area contributed by atoms with Gasteiger partial charge in [0.1, 0.15) is 0 Å². The van der Waals surface area contributed by atoms with Crippen LogP contribution in [0.1, 0.15) is 36.0 Å². The molecule has 3 rings (SSSR count). The van der Waals surface area contributed by atoms with E-state index < -0.39 is 0 Å². The van der Waals surface area contributed by atoms with Crippen molar-refractivity contribution in [1.82, 2.24) is 5.32 Å². The van der Waals surface area contributed by atoms with Crippen LogP contribution in [0.15, 0.2) is 16.8 Å². The summed E-state index contributed by atoms with van der Waals surface area (Å²) in [5.41, 5.74) is 0.923. The number of carbonyl (C=O) groups is 1. The molecule has 0 amide bonds. The minimum atomic E-state index is 0.276. The highest BCUT2D eigenvalue weighted by molar-refractivity contribution is 7.08. The number of rotatable bonds is 2. The molecule has 2 bridgehead atoms. The fourth-order valence-corrected chi connectivity index (χ4v) is 3.56.